The van der Waals surface area contributed by atoms with Crippen LogP contribution in [0.5, 0.6) is 5.75 Å². The molecule has 1 unspecified atom stereocenters. The molecule has 0 amide bonds. The smallest absolute Gasteiger partial charge is 0.164 e. The van der Waals surface area contributed by atoms with Gasteiger partial charge in [-0.2, -0.15) is 0 Å². The van der Waals surface area contributed by atoms with Crippen molar-refractivity contribution in [1.82, 2.24) is 4.57 Å². The molecule has 0 spiro atoms. The summed E-state index contributed by atoms with van der Waals surface area (Å²) >= 11 is 0. The minimum atomic E-state index is -0.222. The molecule has 1 atom stereocenters. The lowest BCUT2D eigenvalue weighted by molar-refractivity contribution is 0.0972. The SMILES string of the molecule is O=C1CCCc2cn(CC3Cc4cc(F)ccc4O3)cc21. The minimum Gasteiger partial charge on any atom is -0.488 e. The van der Waals surface area contributed by atoms with Crippen LogP contribution in [0.15, 0.2) is 30.6 Å². The first-order valence-corrected chi connectivity index (χ1v) is 7.36. The Morgan fingerprint density at radius 1 is 1.24 bits per heavy atom. The number of halogens is 1. The number of hydrogen-bond donors (Lipinski definition) is 0. The first-order chi connectivity index (χ1) is 10.2. The fourth-order valence-electron chi connectivity index (χ4n) is 3.31. The zero-order valence-electron chi connectivity index (χ0n) is 11.6. The zero-order chi connectivity index (χ0) is 14.4. The number of rotatable bonds is 2. The number of hydrogen-bond acceptors (Lipinski definition) is 2. The van der Waals surface area contributed by atoms with E-state index in [2.05, 4.69) is 6.20 Å². The number of nitrogens with zero attached hydrogens (tertiary/aromatic N) is 1. The van der Waals surface area contributed by atoms with Gasteiger partial charge < -0.3 is 9.30 Å². The van der Waals surface area contributed by atoms with Gasteiger partial charge in [-0.1, -0.05) is 0 Å². The van der Waals surface area contributed by atoms with Crippen LogP contribution in [0.4, 0.5) is 4.39 Å². The molecule has 1 aromatic carbocycles. The average molecular weight is 285 g/mol. The number of Topliss-reactive ketones (excluding diaryl/α,β-unsaturated/α-hetero) is 1. The lowest BCUT2D eigenvalue weighted by atomic mass is 9.95. The van der Waals surface area contributed by atoms with Gasteiger partial charge in [0.05, 0.1) is 6.54 Å². The van der Waals surface area contributed by atoms with Gasteiger partial charge in [0, 0.05) is 36.4 Å². The molecule has 108 valence electrons. The summed E-state index contributed by atoms with van der Waals surface area (Å²) in [5, 5.41) is 0. The maximum absolute atomic E-state index is 13.2. The fourth-order valence-corrected chi connectivity index (χ4v) is 3.31. The molecule has 4 heteroatoms. The van der Waals surface area contributed by atoms with Crippen LogP contribution in [-0.2, 0) is 19.4 Å². The number of carbonyl (C=O) groups is 1. The van der Waals surface area contributed by atoms with E-state index in [4.69, 9.17) is 4.74 Å². The van der Waals surface area contributed by atoms with Crippen molar-refractivity contribution < 1.29 is 13.9 Å². The molecule has 1 aromatic heterocycles. The van der Waals surface area contributed by atoms with Crippen molar-refractivity contribution in [2.45, 2.75) is 38.3 Å². The number of benzene rings is 1. The molecule has 1 aliphatic heterocycles. The molecule has 1 aliphatic carbocycles. The summed E-state index contributed by atoms with van der Waals surface area (Å²) in [5.74, 6) is 0.794. The van der Waals surface area contributed by atoms with Crippen molar-refractivity contribution in [1.29, 1.82) is 0 Å². The van der Waals surface area contributed by atoms with Gasteiger partial charge in [0.1, 0.15) is 17.7 Å². The summed E-state index contributed by atoms with van der Waals surface area (Å²) in [6.07, 6.45) is 7.28. The summed E-state index contributed by atoms with van der Waals surface area (Å²) in [7, 11) is 0. The number of carbonyl (C=O) groups excluding carboxylic acids is 1. The minimum absolute atomic E-state index is 0.00533. The molecule has 0 N–H and O–H groups in total. The van der Waals surface area contributed by atoms with Crippen molar-refractivity contribution in [2.75, 3.05) is 0 Å². The van der Waals surface area contributed by atoms with E-state index in [1.54, 1.807) is 12.1 Å². The molecule has 2 aromatic rings. The third-order valence-electron chi connectivity index (χ3n) is 4.29. The van der Waals surface area contributed by atoms with E-state index < -0.39 is 0 Å². The Labute approximate surface area is 122 Å². The Kier molecular flexibility index (Phi) is 2.84. The Morgan fingerprint density at radius 3 is 3.00 bits per heavy atom. The number of ketones is 1. The molecule has 0 radical (unpaired) electrons. The summed E-state index contributed by atoms with van der Waals surface area (Å²) in [6.45, 7) is 0.691. The van der Waals surface area contributed by atoms with Crippen LogP contribution in [0.3, 0.4) is 0 Å². The molecule has 0 saturated heterocycles. The first-order valence-electron chi connectivity index (χ1n) is 7.36. The van der Waals surface area contributed by atoms with Gasteiger partial charge >= 0.3 is 0 Å². The Hall–Kier alpha value is -2.10. The normalized spacial score (nSPS) is 20.0. The van der Waals surface area contributed by atoms with Crippen LogP contribution in [0, 0.1) is 5.82 Å². The molecule has 0 saturated carbocycles. The van der Waals surface area contributed by atoms with E-state index in [1.807, 2.05) is 10.8 Å². The van der Waals surface area contributed by atoms with Crippen LogP contribution < -0.4 is 4.74 Å². The summed E-state index contributed by atoms with van der Waals surface area (Å²) in [6, 6.07) is 4.66. The Bertz CT molecular complexity index is 720. The van der Waals surface area contributed by atoms with E-state index in [0.29, 0.717) is 19.4 Å². The van der Waals surface area contributed by atoms with Crippen molar-refractivity contribution in [2.24, 2.45) is 0 Å². The molecule has 3 nitrogen and oxygen atoms in total. The number of fused-ring (bicyclic) bond motifs is 2. The molecule has 2 heterocycles. The van der Waals surface area contributed by atoms with E-state index in [9.17, 15) is 9.18 Å². The first kappa shape index (κ1) is 12.6. The highest BCUT2D eigenvalue weighted by Crippen LogP contribution is 2.30. The van der Waals surface area contributed by atoms with Gasteiger partial charge in [-0.25, -0.2) is 4.39 Å². The predicted octanol–water partition coefficient (Wildman–Crippen LogP) is 3.15. The van der Waals surface area contributed by atoms with Crippen molar-refractivity contribution >= 4 is 5.78 Å². The zero-order valence-corrected chi connectivity index (χ0v) is 11.6. The van der Waals surface area contributed by atoms with Gasteiger partial charge in [-0.15, -0.1) is 0 Å². The Balaban J connectivity index is 1.52. The van der Waals surface area contributed by atoms with Crippen molar-refractivity contribution in [3.8, 4) is 5.75 Å². The lowest BCUT2D eigenvalue weighted by Crippen LogP contribution is -2.19. The van der Waals surface area contributed by atoms with Crippen LogP contribution >= 0.6 is 0 Å². The van der Waals surface area contributed by atoms with E-state index in [0.717, 1.165) is 35.3 Å². The van der Waals surface area contributed by atoms with E-state index in [-0.39, 0.29) is 17.7 Å². The molecule has 0 fully saturated rings. The summed E-state index contributed by atoms with van der Waals surface area (Å²) in [5.41, 5.74) is 2.93. The monoisotopic (exact) mass is 285 g/mol. The molecule has 21 heavy (non-hydrogen) atoms. The Morgan fingerprint density at radius 2 is 2.14 bits per heavy atom. The third kappa shape index (κ3) is 2.24. The standard InChI is InChI=1S/C17H16FNO2/c18-13-4-5-17-12(6-13)7-14(21-17)9-19-8-11-2-1-3-16(20)15(11)10-19/h4-6,8,10,14H,1-3,7,9H2. The largest absolute Gasteiger partial charge is 0.488 e. The van der Waals surface area contributed by atoms with Crippen LogP contribution in [0.1, 0.15) is 34.3 Å². The van der Waals surface area contributed by atoms with Gasteiger partial charge in [0.25, 0.3) is 0 Å². The molecule has 0 bridgehead atoms. The molecule has 2 aliphatic rings. The van der Waals surface area contributed by atoms with E-state index >= 15 is 0 Å². The van der Waals surface area contributed by atoms with Crippen LogP contribution in [-0.4, -0.2) is 16.5 Å². The van der Waals surface area contributed by atoms with Gasteiger partial charge in [0.2, 0.25) is 0 Å². The highest BCUT2D eigenvalue weighted by Gasteiger charge is 2.25. The molecular formula is C17H16FNO2. The molecular weight excluding hydrogens is 269 g/mol. The van der Waals surface area contributed by atoms with E-state index in [1.165, 1.54) is 6.07 Å². The third-order valence-corrected chi connectivity index (χ3v) is 4.29. The second-order valence-corrected chi connectivity index (χ2v) is 5.87. The van der Waals surface area contributed by atoms with Crippen LogP contribution in [0.25, 0.3) is 0 Å². The number of aromatic nitrogens is 1. The molecule has 4 rings (SSSR count). The maximum atomic E-state index is 13.2. The number of aryl methyl sites for hydroxylation is 1. The highest BCUT2D eigenvalue weighted by molar-refractivity contribution is 5.98. The second kappa shape index (κ2) is 4.72. The lowest BCUT2D eigenvalue weighted by Gasteiger charge is -2.11. The number of ether oxygens (including phenoxy) is 1. The average Bonchev–Trinajstić information content (AvgIpc) is 3.02. The topological polar surface area (TPSA) is 31.2 Å². The fraction of sp³-hybridized carbons (Fsp3) is 0.353. The summed E-state index contributed by atoms with van der Waals surface area (Å²) in [4.78, 5) is 11.9. The predicted molar refractivity (Wildman–Crippen MR) is 76.2 cm³/mol. The maximum Gasteiger partial charge on any atom is 0.164 e. The van der Waals surface area contributed by atoms with Gasteiger partial charge in [-0.05, 0) is 36.6 Å². The van der Waals surface area contributed by atoms with Crippen LogP contribution in [0.2, 0.25) is 0 Å². The van der Waals surface area contributed by atoms with Gasteiger partial charge in [-0.3, -0.25) is 4.79 Å². The second-order valence-electron chi connectivity index (χ2n) is 5.87. The quantitative estimate of drug-likeness (QED) is 0.848. The van der Waals surface area contributed by atoms with Crippen molar-refractivity contribution in [3.63, 3.8) is 0 Å². The highest BCUT2D eigenvalue weighted by atomic mass is 19.1. The van der Waals surface area contributed by atoms with Crippen molar-refractivity contribution in [3.05, 3.63) is 53.1 Å². The van der Waals surface area contributed by atoms with Gasteiger partial charge in [0.15, 0.2) is 5.78 Å². The summed E-state index contributed by atoms with van der Waals surface area (Å²) < 4.78 is 21.1.